The second kappa shape index (κ2) is 15.1. The third-order valence-corrected chi connectivity index (χ3v) is 9.61. The van der Waals surface area contributed by atoms with Crippen molar-refractivity contribution in [1.82, 2.24) is 15.2 Å². The smallest absolute Gasteiger partial charge is 0.416 e. The number of ether oxygens (including phenoxy) is 1. The van der Waals surface area contributed by atoms with E-state index >= 15 is 0 Å². The minimum Gasteiger partial charge on any atom is -0.481 e. The van der Waals surface area contributed by atoms with Gasteiger partial charge in [0.05, 0.1) is 28.2 Å². The van der Waals surface area contributed by atoms with Crippen LogP contribution in [0.25, 0.3) is 10.2 Å². The zero-order valence-electron chi connectivity index (χ0n) is 25.9. The Kier molecular flexibility index (Phi) is 11.1. The maximum Gasteiger partial charge on any atom is 0.416 e. The van der Waals surface area contributed by atoms with Gasteiger partial charge in [-0.2, -0.15) is 13.2 Å². The lowest BCUT2D eigenvalue weighted by Crippen LogP contribution is -2.50. The number of likely N-dealkylation sites (tertiary alicyclic amines) is 1. The molecule has 15 heteroatoms. The van der Waals surface area contributed by atoms with Gasteiger partial charge >= 0.3 is 12.1 Å². The Morgan fingerprint density at radius 3 is 2.67 bits per heavy atom. The maximum absolute atomic E-state index is 14.3. The van der Waals surface area contributed by atoms with E-state index in [4.69, 9.17) is 21.4 Å². The fourth-order valence-corrected chi connectivity index (χ4v) is 7.03. The highest BCUT2D eigenvalue weighted by Gasteiger charge is 2.43. The Balaban J connectivity index is 1.29. The van der Waals surface area contributed by atoms with Crippen molar-refractivity contribution in [2.24, 2.45) is 11.8 Å². The summed E-state index contributed by atoms with van der Waals surface area (Å²) in [4.78, 5) is 43.8. The van der Waals surface area contributed by atoms with E-state index in [0.29, 0.717) is 47.5 Å². The number of hydrogen-bond acceptors (Lipinski definition) is 7. The van der Waals surface area contributed by atoms with Crippen LogP contribution in [-0.4, -0.2) is 64.6 Å². The molecule has 1 aliphatic heterocycles. The van der Waals surface area contributed by atoms with Gasteiger partial charge < -0.3 is 25.4 Å². The molecule has 258 valence electrons. The van der Waals surface area contributed by atoms with Gasteiger partial charge in [0.2, 0.25) is 11.8 Å². The first-order valence-electron chi connectivity index (χ1n) is 15.6. The Morgan fingerprint density at radius 2 is 1.96 bits per heavy atom. The number of unbranched alkanes of at least 4 members (excludes halogenated alkanes) is 3. The maximum atomic E-state index is 14.3. The van der Waals surface area contributed by atoms with Crippen molar-refractivity contribution in [2.75, 3.05) is 18.9 Å². The van der Waals surface area contributed by atoms with Gasteiger partial charge in [0.1, 0.15) is 24.0 Å². The zero-order valence-corrected chi connectivity index (χ0v) is 27.5. The average Bonchev–Trinajstić information content (AvgIpc) is 3.52. The first-order chi connectivity index (χ1) is 22.8. The van der Waals surface area contributed by atoms with Crippen molar-refractivity contribution in [3.8, 4) is 5.19 Å². The molecular formula is C33H35ClF4N4O5S. The molecule has 3 N–H and O–H groups in total. The van der Waals surface area contributed by atoms with Crippen molar-refractivity contribution in [1.29, 1.82) is 0 Å². The van der Waals surface area contributed by atoms with E-state index in [0.717, 1.165) is 23.3 Å². The molecular weight excluding hydrogens is 676 g/mol. The summed E-state index contributed by atoms with van der Waals surface area (Å²) in [7, 11) is 1.44. The minimum atomic E-state index is -4.80. The van der Waals surface area contributed by atoms with E-state index in [2.05, 4.69) is 15.6 Å². The summed E-state index contributed by atoms with van der Waals surface area (Å²) in [6.45, 7) is 0.0199. The highest BCUT2D eigenvalue weighted by molar-refractivity contribution is 7.20. The summed E-state index contributed by atoms with van der Waals surface area (Å²) < 4.78 is 61.6. The topological polar surface area (TPSA) is 121 Å². The number of carbonyl (C=O) groups excluding carboxylic acids is 2. The number of carboxylic acids is 1. The predicted octanol–water partition coefficient (Wildman–Crippen LogP) is 6.91. The first-order valence-corrected chi connectivity index (χ1v) is 16.8. The molecule has 1 aliphatic carbocycles. The van der Waals surface area contributed by atoms with Crippen molar-refractivity contribution in [3.63, 3.8) is 0 Å². The molecule has 0 unspecified atom stereocenters. The van der Waals surface area contributed by atoms with Crippen LogP contribution < -0.4 is 15.4 Å². The van der Waals surface area contributed by atoms with Gasteiger partial charge in [-0.15, -0.1) is 0 Å². The Labute approximate surface area is 283 Å². The van der Waals surface area contributed by atoms with Crippen LogP contribution >= 0.6 is 22.9 Å². The van der Waals surface area contributed by atoms with E-state index < -0.39 is 53.5 Å². The number of aromatic nitrogens is 1. The Morgan fingerprint density at radius 1 is 1.17 bits per heavy atom. The summed E-state index contributed by atoms with van der Waals surface area (Å²) in [5.41, 5.74) is -0.727. The molecule has 2 aliphatic rings. The summed E-state index contributed by atoms with van der Waals surface area (Å²) in [6, 6.07) is 5.26. The standard InChI is InChI=1S/C33H35ClF4N4O5S/c1-39-29(43)27-16-23(47-32-41-25-10-9-20(34)14-28(25)48-32)17-42(27)30(44)26(40-22-13-19(33(36,37)38)12-21(35)15-22)8-6-4-2-3-5-7-18-11-24(18)31(45)46/h5,7,9-10,12-15,18,23-24,26-27,40H,2-4,6,8,11,16-17H2,1H3,(H,39,43)(H,45,46)/b7-5-/t18-,23-,24+,26+,27+/m1/s1. The largest absolute Gasteiger partial charge is 0.481 e. The molecule has 48 heavy (non-hydrogen) atoms. The molecule has 2 fully saturated rings. The molecule has 1 saturated carbocycles. The number of carbonyl (C=O) groups is 3. The molecule has 0 spiro atoms. The number of halogens is 5. The summed E-state index contributed by atoms with van der Waals surface area (Å²) in [6.07, 6.45) is 2.06. The fourth-order valence-electron chi connectivity index (χ4n) is 5.88. The van der Waals surface area contributed by atoms with E-state index in [1.165, 1.54) is 23.3 Å². The van der Waals surface area contributed by atoms with E-state index in [1.54, 1.807) is 18.2 Å². The van der Waals surface area contributed by atoms with Gasteiger partial charge in [0.25, 0.3) is 5.19 Å². The van der Waals surface area contributed by atoms with Crippen molar-refractivity contribution in [2.45, 2.75) is 69.3 Å². The van der Waals surface area contributed by atoms with Crippen molar-refractivity contribution < 1.29 is 41.8 Å². The number of likely N-dealkylation sites (N-methyl/N-ethyl adjacent to an activating group) is 1. The van der Waals surface area contributed by atoms with Gasteiger partial charge in [-0.25, -0.2) is 9.37 Å². The summed E-state index contributed by atoms with van der Waals surface area (Å²) in [5.74, 6) is -3.14. The van der Waals surface area contributed by atoms with Crippen molar-refractivity contribution in [3.05, 3.63) is 65.0 Å². The normalized spacial score (nSPS) is 21.4. The Bertz CT molecular complexity index is 1690. The number of rotatable bonds is 14. The molecule has 2 heterocycles. The van der Waals surface area contributed by atoms with Crippen LogP contribution in [0.3, 0.4) is 0 Å². The summed E-state index contributed by atoms with van der Waals surface area (Å²) in [5, 5.41) is 15.3. The third kappa shape index (κ3) is 8.95. The van der Waals surface area contributed by atoms with Gasteiger partial charge in [0, 0.05) is 24.2 Å². The molecule has 0 radical (unpaired) electrons. The molecule has 3 aromatic rings. The number of alkyl halides is 3. The number of carboxylic acid groups (broad SMARTS) is 1. The number of thiazole rings is 1. The van der Waals surface area contributed by atoms with Crippen LogP contribution in [0.15, 0.2) is 48.6 Å². The second-order valence-corrected chi connectivity index (χ2v) is 13.5. The molecule has 2 amide bonds. The van der Waals surface area contributed by atoms with Crippen LogP contribution in [-0.2, 0) is 20.6 Å². The van der Waals surface area contributed by atoms with Gasteiger partial charge in [0.15, 0.2) is 0 Å². The third-order valence-electron chi connectivity index (χ3n) is 8.46. The Hall–Kier alpha value is -3.91. The first kappa shape index (κ1) is 35.4. The van der Waals surface area contributed by atoms with E-state index in [1.807, 2.05) is 12.2 Å². The van der Waals surface area contributed by atoms with Crippen LogP contribution in [0, 0.1) is 17.7 Å². The molecule has 1 saturated heterocycles. The molecule has 0 bridgehead atoms. The lowest BCUT2D eigenvalue weighted by molar-refractivity contribution is -0.139. The average molecular weight is 711 g/mol. The molecule has 2 aromatic carbocycles. The second-order valence-electron chi connectivity index (χ2n) is 12.0. The van der Waals surface area contributed by atoms with E-state index in [-0.39, 0.29) is 36.9 Å². The van der Waals surface area contributed by atoms with Gasteiger partial charge in [-0.1, -0.05) is 47.9 Å². The summed E-state index contributed by atoms with van der Waals surface area (Å²) >= 11 is 7.36. The number of allylic oxidation sites excluding steroid dienone is 2. The number of hydrogen-bond donors (Lipinski definition) is 3. The number of aliphatic carboxylic acids is 1. The lowest BCUT2D eigenvalue weighted by atomic mass is 10.0. The quantitative estimate of drug-likeness (QED) is 0.0945. The monoisotopic (exact) mass is 710 g/mol. The molecule has 1 aromatic heterocycles. The number of nitrogens with one attached hydrogen (secondary N) is 2. The van der Waals surface area contributed by atoms with Gasteiger partial charge in [-0.05, 0) is 68.0 Å². The van der Waals surface area contributed by atoms with E-state index in [9.17, 15) is 31.9 Å². The van der Waals surface area contributed by atoms with Crippen molar-refractivity contribution >= 4 is 56.6 Å². The van der Waals surface area contributed by atoms with Crippen LogP contribution in [0.2, 0.25) is 5.02 Å². The lowest BCUT2D eigenvalue weighted by Gasteiger charge is -2.29. The number of anilines is 1. The van der Waals surface area contributed by atoms with Crippen LogP contribution in [0.5, 0.6) is 5.19 Å². The highest BCUT2D eigenvalue weighted by Crippen LogP contribution is 2.40. The fraction of sp³-hybridized carbons (Fsp3) is 0.455. The van der Waals surface area contributed by atoms with Crippen LogP contribution in [0.1, 0.15) is 50.5 Å². The highest BCUT2D eigenvalue weighted by atomic mass is 35.5. The molecule has 5 rings (SSSR count). The predicted molar refractivity (Wildman–Crippen MR) is 174 cm³/mol. The SMILES string of the molecule is CNC(=O)[C@@H]1C[C@@H](Oc2nc3ccc(Cl)cc3s2)CN1C(=O)[C@H](CCCCC/C=C\[C@@H]1C[C@@H]1C(=O)O)Nc1cc(F)cc(C(F)(F)F)c1. The minimum absolute atomic E-state index is 0.0199. The number of nitrogens with zero attached hydrogens (tertiary/aromatic N) is 2. The van der Waals surface area contributed by atoms with Crippen LogP contribution in [0.4, 0.5) is 23.2 Å². The molecule has 5 atom stereocenters. The zero-order chi connectivity index (χ0) is 34.6. The van der Waals surface area contributed by atoms with Gasteiger partial charge in [-0.3, -0.25) is 14.4 Å². The number of fused-ring (bicyclic) bond motifs is 1. The number of amides is 2. The number of benzene rings is 2. The molecule has 9 nitrogen and oxygen atoms in total.